The monoisotopic (exact) mass is 298 g/mol. The topological polar surface area (TPSA) is 24.1 Å². The summed E-state index contributed by atoms with van der Waals surface area (Å²) < 4.78 is 0. The molecule has 1 atom stereocenters. The Hall–Kier alpha value is -1.87. The van der Waals surface area contributed by atoms with E-state index >= 15 is 0 Å². The molecule has 0 aliphatic carbocycles. The second-order valence-corrected chi connectivity index (χ2v) is 5.88. The molecular formula is C18H22N2S. The summed E-state index contributed by atoms with van der Waals surface area (Å²) in [7, 11) is 0. The third kappa shape index (κ3) is 4.05. The molecule has 0 amide bonds. The molecular weight excluding hydrogens is 276 g/mol. The number of anilines is 1. The van der Waals surface area contributed by atoms with Crippen LogP contribution in [0.3, 0.4) is 0 Å². The van der Waals surface area contributed by atoms with Gasteiger partial charge in [-0.05, 0) is 74.3 Å². The Balaban J connectivity index is 2.01. The van der Waals surface area contributed by atoms with E-state index in [0.717, 1.165) is 5.69 Å². The molecule has 0 saturated carbocycles. The first kappa shape index (κ1) is 15.5. The zero-order valence-corrected chi connectivity index (χ0v) is 13.8. The molecule has 0 fully saturated rings. The number of rotatable bonds is 3. The zero-order valence-electron chi connectivity index (χ0n) is 13.0. The minimum Gasteiger partial charge on any atom is -0.356 e. The lowest BCUT2D eigenvalue weighted by molar-refractivity contribution is 0.717. The molecule has 0 spiro atoms. The summed E-state index contributed by atoms with van der Waals surface area (Å²) in [6.07, 6.45) is 0. The van der Waals surface area contributed by atoms with Crippen molar-refractivity contribution in [2.24, 2.45) is 0 Å². The quantitative estimate of drug-likeness (QED) is 0.806. The minimum atomic E-state index is 0.178. The lowest BCUT2D eigenvalue weighted by Crippen LogP contribution is -2.31. The second kappa shape index (κ2) is 6.72. The summed E-state index contributed by atoms with van der Waals surface area (Å²) in [6, 6.07) is 14.8. The lowest BCUT2D eigenvalue weighted by atomic mass is 10.0. The van der Waals surface area contributed by atoms with Crippen LogP contribution in [0.15, 0.2) is 42.5 Å². The van der Waals surface area contributed by atoms with Gasteiger partial charge in [0.25, 0.3) is 0 Å². The van der Waals surface area contributed by atoms with E-state index in [0.29, 0.717) is 5.11 Å². The van der Waals surface area contributed by atoms with Gasteiger partial charge in [-0.15, -0.1) is 0 Å². The van der Waals surface area contributed by atoms with Crippen molar-refractivity contribution in [2.75, 3.05) is 5.32 Å². The predicted octanol–water partition coefficient (Wildman–Crippen LogP) is 4.66. The molecule has 3 heteroatoms. The van der Waals surface area contributed by atoms with E-state index in [1.165, 1.54) is 22.3 Å². The van der Waals surface area contributed by atoms with Crippen LogP contribution in [0.1, 0.15) is 35.2 Å². The first-order valence-corrected chi connectivity index (χ1v) is 7.58. The average Bonchev–Trinajstić information content (AvgIpc) is 2.43. The maximum atomic E-state index is 5.41. The van der Waals surface area contributed by atoms with Gasteiger partial charge < -0.3 is 10.6 Å². The molecule has 2 rings (SSSR count). The van der Waals surface area contributed by atoms with Crippen molar-refractivity contribution in [3.05, 3.63) is 64.7 Å². The average molecular weight is 298 g/mol. The summed E-state index contributed by atoms with van der Waals surface area (Å²) in [5, 5.41) is 7.24. The van der Waals surface area contributed by atoms with Gasteiger partial charge in [0.2, 0.25) is 0 Å². The number of nitrogens with one attached hydrogen (secondary N) is 2. The third-order valence-electron chi connectivity index (χ3n) is 3.77. The van der Waals surface area contributed by atoms with Crippen LogP contribution >= 0.6 is 12.2 Å². The highest BCUT2D eigenvalue weighted by Gasteiger charge is 2.09. The number of thiocarbonyl (C=S) groups is 1. The molecule has 1 unspecified atom stereocenters. The standard InChI is InChI=1S/C18H22N2S/c1-12-9-10-16(11-14(12)3)20-18(21)19-15(4)17-8-6-5-7-13(17)2/h5-11,15H,1-4H3,(H2,19,20,21). The van der Waals surface area contributed by atoms with Gasteiger partial charge in [-0.25, -0.2) is 0 Å². The van der Waals surface area contributed by atoms with Crippen LogP contribution in [0, 0.1) is 20.8 Å². The molecule has 0 heterocycles. The fraction of sp³-hybridized carbons (Fsp3) is 0.278. The van der Waals surface area contributed by atoms with Gasteiger partial charge in [0, 0.05) is 5.69 Å². The third-order valence-corrected chi connectivity index (χ3v) is 3.99. The van der Waals surface area contributed by atoms with Crippen LogP contribution in [0.2, 0.25) is 0 Å². The summed E-state index contributed by atoms with van der Waals surface area (Å²) in [5.41, 5.74) is 6.10. The molecule has 0 aliphatic rings. The SMILES string of the molecule is Cc1ccc(NC(=S)NC(C)c2ccccc2C)cc1C. The Kier molecular flexibility index (Phi) is 4.97. The van der Waals surface area contributed by atoms with Gasteiger partial charge in [-0.1, -0.05) is 30.3 Å². The molecule has 2 N–H and O–H groups in total. The van der Waals surface area contributed by atoms with Crippen molar-refractivity contribution in [3.63, 3.8) is 0 Å². The van der Waals surface area contributed by atoms with E-state index < -0.39 is 0 Å². The number of benzene rings is 2. The molecule has 0 aromatic heterocycles. The van der Waals surface area contributed by atoms with Gasteiger partial charge in [0.15, 0.2) is 5.11 Å². The van der Waals surface area contributed by atoms with E-state index in [9.17, 15) is 0 Å². The highest BCUT2D eigenvalue weighted by Crippen LogP contribution is 2.18. The zero-order chi connectivity index (χ0) is 15.4. The van der Waals surface area contributed by atoms with Crippen molar-refractivity contribution >= 4 is 23.0 Å². The van der Waals surface area contributed by atoms with Crippen LogP contribution in [-0.2, 0) is 0 Å². The fourth-order valence-electron chi connectivity index (χ4n) is 2.33. The van der Waals surface area contributed by atoms with Crippen molar-refractivity contribution in [1.82, 2.24) is 5.32 Å². The summed E-state index contributed by atoms with van der Waals surface area (Å²) in [5.74, 6) is 0. The Bertz CT molecular complexity index is 649. The van der Waals surface area contributed by atoms with Crippen LogP contribution in [0.4, 0.5) is 5.69 Å². The van der Waals surface area contributed by atoms with Gasteiger partial charge >= 0.3 is 0 Å². The smallest absolute Gasteiger partial charge is 0.171 e. The van der Waals surface area contributed by atoms with Crippen molar-refractivity contribution in [2.45, 2.75) is 33.7 Å². The van der Waals surface area contributed by atoms with Gasteiger partial charge in [0.05, 0.1) is 6.04 Å². The van der Waals surface area contributed by atoms with Gasteiger partial charge in [-0.3, -0.25) is 0 Å². The summed E-state index contributed by atoms with van der Waals surface area (Å²) in [4.78, 5) is 0. The maximum absolute atomic E-state index is 5.41. The molecule has 2 nitrogen and oxygen atoms in total. The fourth-order valence-corrected chi connectivity index (χ4v) is 2.63. The van der Waals surface area contributed by atoms with Gasteiger partial charge in [-0.2, -0.15) is 0 Å². The Morgan fingerprint density at radius 1 is 0.952 bits per heavy atom. The lowest BCUT2D eigenvalue weighted by Gasteiger charge is -2.19. The molecule has 0 bridgehead atoms. The van der Waals surface area contributed by atoms with Crippen molar-refractivity contribution in [1.29, 1.82) is 0 Å². The van der Waals surface area contributed by atoms with Gasteiger partial charge in [0.1, 0.15) is 0 Å². The van der Waals surface area contributed by atoms with Crippen LogP contribution in [0.5, 0.6) is 0 Å². The van der Waals surface area contributed by atoms with E-state index in [4.69, 9.17) is 12.2 Å². The first-order chi connectivity index (χ1) is 9.97. The predicted molar refractivity (Wildman–Crippen MR) is 94.9 cm³/mol. The molecule has 0 radical (unpaired) electrons. The largest absolute Gasteiger partial charge is 0.356 e. The number of hydrogen-bond donors (Lipinski definition) is 2. The molecule has 21 heavy (non-hydrogen) atoms. The molecule has 2 aromatic carbocycles. The first-order valence-electron chi connectivity index (χ1n) is 7.17. The second-order valence-electron chi connectivity index (χ2n) is 5.48. The number of aryl methyl sites for hydroxylation is 3. The van der Waals surface area contributed by atoms with Crippen molar-refractivity contribution in [3.8, 4) is 0 Å². The molecule has 2 aromatic rings. The van der Waals surface area contributed by atoms with E-state index in [1.807, 2.05) is 0 Å². The van der Waals surface area contributed by atoms with Crippen molar-refractivity contribution < 1.29 is 0 Å². The Morgan fingerprint density at radius 3 is 2.33 bits per heavy atom. The summed E-state index contributed by atoms with van der Waals surface area (Å²) in [6.45, 7) is 8.45. The summed E-state index contributed by atoms with van der Waals surface area (Å²) >= 11 is 5.41. The Morgan fingerprint density at radius 2 is 1.67 bits per heavy atom. The Labute approximate surface area is 132 Å². The molecule has 0 saturated heterocycles. The van der Waals surface area contributed by atoms with E-state index in [-0.39, 0.29) is 6.04 Å². The maximum Gasteiger partial charge on any atom is 0.171 e. The molecule has 110 valence electrons. The highest BCUT2D eigenvalue weighted by atomic mass is 32.1. The minimum absolute atomic E-state index is 0.178. The van der Waals surface area contributed by atoms with Crippen LogP contribution < -0.4 is 10.6 Å². The van der Waals surface area contributed by atoms with Crippen LogP contribution in [-0.4, -0.2) is 5.11 Å². The van der Waals surface area contributed by atoms with E-state index in [1.54, 1.807) is 0 Å². The van der Waals surface area contributed by atoms with E-state index in [2.05, 4.69) is 80.8 Å². The van der Waals surface area contributed by atoms with Crippen LogP contribution in [0.25, 0.3) is 0 Å². The highest BCUT2D eigenvalue weighted by molar-refractivity contribution is 7.80. The molecule has 0 aliphatic heterocycles. The normalized spacial score (nSPS) is 11.8. The number of hydrogen-bond acceptors (Lipinski definition) is 1.